The first-order valence-corrected chi connectivity index (χ1v) is 10.8. The van der Waals surface area contributed by atoms with E-state index in [1.165, 1.54) is 16.9 Å². The summed E-state index contributed by atoms with van der Waals surface area (Å²) in [5.41, 5.74) is 10.1. The molecule has 0 aliphatic heterocycles. The number of nitrogen functional groups attached to an aromatic ring is 1. The van der Waals surface area contributed by atoms with Gasteiger partial charge < -0.3 is 15.8 Å². The van der Waals surface area contributed by atoms with E-state index >= 15 is 0 Å². The van der Waals surface area contributed by atoms with Crippen LogP contribution in [0.2, 0.25) is 0 Å². The van der Waals surface area contributed by atoms with Crippen LogP contribution in [0.15, 0.2) is 18.2 Å². The zero-order chi connectivity index (χ0) is 21.3. The van der Waals surface area contributed by atoms with Crippen molar-refractivity contribution in [3.05, 3.63) is 51.2 Å². The van der Waals surface area contributed by atoms with Gasteiger partial charge in [-0.05, 0) is 68.4 Å². The molecule has 1 aliphatic rings. The van der Waals surface area contributed by atoms with Crippen LogP contribution in [0.3, 0.4) is 0 Å². The van der Waals surface area contributed by atoms with E-state index in [0.29, 0.717) is 17.2 Å². The predicted molar refractivity (Wildman–Crippen MR) is 117 cm³/mol. The second-order valence-corrected chi connectivity index (χ2v) is 8.64. The zero-order valence-electron chi connectivity index (χ0n) is 17.1. The van der Waals surface area contributed by atoms with Crippen molar-refractivity contribution in [2.75, 3.05) is 12.3 Å². The lowest BCUT2D eigenvalue weighted by Gasteiger charge is -2.11. The number of thiophene rings is 1. The molecule has 2 aromatic heterocycles. The van der Waals surface area contributed by atoms with E-state index in [1.54, 1.807) is 23.5 Å². The Kier molecular flexibility index (Phi) is 5.67. The predicted octanol–water partition coefficient (Wildman–Crippen LogP) is 3.24. The van der Waals surface area contributed by atoms with Gasteiger partial charge >= 0.3 is 5.97 Å². The van der Waals surface area contributed by atoms with E-state index in [1.807, 2.05) is 19.9 Å². The van der Waals surface area contributed by atoms with E-state index in [9.17, 15) is 9.59 Å². The molecule has 1 aliphatic carbocycles. The molecule has 0 radical (unpaired) electrons. The fraction of sp³-hybridized carbons (Fsp3) is 0.364. The molecule has 0 bridgehead atoms. The summed E-state index contributed by atoms with van der Waals surface area (Å²) in [4.78, 5) is 35.3. The molecular weight excluding hydrogens is 400 g/mol. The van der Waals surface area contributed by atoms with Crippen LogP contribution in [-0.2, 0) is 29.0 Å². The number of aromatic nitrogens is 2. The van der Waals surface area contributed by atoms with Crippen LogP contribution in [0, 0.1) is 13.8 Å². The molecule has 30 heavy (non-hydrogen) atoms. The van der Waals surface area contributed by atoms with Crippen LogP contribution in [0.1, 0.15) is 50.6 Å². The van der Waals surface area contributed by atoms with Gasteiger partial charge in [0.15, 0.2) is 12.4 Å². The van der Waals surface area contributed by atoms with E-state index in [4.69, 9.17) is 10.5 Å². The molecule has 7 nitrogen and oxygen atoms in total. The maximum atomic E-state index is 12.2. The molecule has 1 aromatic carbocycles. The van der Waals surface area contributed by atoms with Crippen molar-refractivity contribution in [3.8, 4) is 0 Å². The number of hydrogen-bond donors (Lipinski definition) is 2. The van der Waals surface area contributed by atoms with Gasteiger partial charge in [0.25, 0.3) is 5.91 Å². The van der Waals surface area contributed by atoms with Crippen molar-refractivity contribution in [1.29, 1.82) is 0 Å². The zero-order valence-corrected chi connectivity index (χ0v) is 17.9. The highest BCUT2D eigenvalue weighted by atomic mass is 32.1. The standard InChI is InChI=1S/C22H24N4O3S/c1-12-7-8-14(9-13(12)2)21(28)24-10-18(27)29-11-17-25-20(23)19-15-5-3-4-6-16(15)30-22(19)26-17/h7-9H,3-6,10-11H2,1-2H3,(H,24,28)(H2,23,25,26). The lowest BCUT2D eigenvalue weighted by molar-refractivity contribution is -0.143. The molecule has 0 atom stereocenters. The first-order valence-electron chi connectivity index (χ1n) is 10.00. The highest BCUT2D eigenvalue weighted by molar-refractivity contribution is 7.19. The molecule has 0 spiro atoms. The van der Waals surface area contributed by atoms with Crippen LogP contribution in [-0.4, -0.2) is 28.4 Å². The minimum Gasteiger partial charge on any atom is -0.456 e. The second-order valence-electron chi connectivity index (χ2n) is 7.56. The molecule has 1 amide bonds. The molecule has 8 heteroatoms. The summed E-state index contributed by atoms with van der Waals surface area (Å²) >= 11 is 1.65. The number of hydrogen-bond acceptors (Lipinski definition) is 7. The van der Waals surface area contributed by atoms with Crippen LogP contribution in [0.25, 0.3) is 10.2 Å². The molecule has 3 aromatic rings. The normalized spacial score (nSPS) is 13.1. The van der Waals surface area contributed by atoms with Gasteiger partial charge in [-0.25, -0.2) is 9.97 Å². The SMILES string of the molecule is Cc1ccc(C(=O)NCC(=O)OCc2nc(N)c3c4c(sc3n2)CCCC4)cc1C. The quantitative estimate of drug-likeness (QED) is 0.609. The summed E-state index contributed by atoms with van der Waals surface area (Å²) in [6, 6.07) is 5.40. The summed E-state index contributed by atoms with van der Waals surface area (Å²) in [5.74, 6) is -0.0676. The van der Waals surface area contributed by atoms with Crippen LogP contribution in [0.5, 0.6) is 0 Å². The van der Waals surface area contributed by atoms with E-state index in [0.717, 1.165) is 40.6 Å². The molecule has 0 saturated heterocycles. The third-order valence-electron chi connectivity index (χ3n) is 5.41. The highest BCUT2D eigenvalue weighted by Gasteiger charge is 2.20. The summed E-state index contributed by atoms with van der Waals surface area (Å²) < 4.78 is 5.23. The van der Waals surface area contributed by atoms with Crippen molar-refractivity contribution in [3.63, 3.8) is 0 Å². The third kappa shape index (κ3) is 4.14. The Bertz CT molecular complexity index is 1140. The Hall–Kier alpha value is -3.00. The van der Waals surface area contributed by atoms with Gasteiger partial charge in [-0.2, -0.15) is 0 Å². The number of carbonyl (C=O) groups excluding carboxylic acids is 2. The number of esters is 1. The Morgan fingerprint density at radius 3 is 2.77 bits per heavy atom. The molecule has 3 N–H and O–H groups in total. The Morgan fingerprint density at radius 2 is 1.97 bits per heavy atom. The smallest absolute Gasteiger partial charge is 0.325 e. The van der Waals surface area contributed by atoms with Crippen molar-refractivity contribution < 1.29 is 14.3 Å². The minimum absolute atomic E-state index is 0.0823. The Morgan fingerprint density at radius 1 is 1.17 bits per heavy atom. The van der Waals surface area contributed by atoms with Crippen LogP contribution in [0.4, 0.5) is 5.82 Å². The molecule has 4 rings (SSSR count). The number of amides is 1. The summed E-state index contributed by atoms with van der Waals surface area (Å²) in [5, 5.41) is 3.53. The molecule has 0 fully saturated rings. The average molecular weight is 425 g/mol. The maximum absolute atomic E-state index is 12.2. The van der Waals surface area contributed by atoms with Gasteiger partial charge in [0.05, 0.1) is 5.39 Å². The number of benzene rings is 1. The van der Waals surface area contributed by atoms with Crippen molar-refractivity contribution in [2.24, 2.45) is 0 Å². The maximum Gasteiger partial charge on any atom is 0.325 e. The van der Waals surface area contributed by atoms with Crippen molar-refractivity contribution >= 4 is 39.2 Å². The largest absolute Gasteiger partial charge is 0.456 e. The van der Waals surface area contributed by atoms with Gasteiger partial charge in [-0.15, -0.1) is 11.3 Å². The van der Waals surface area contributed by atoms with Gasteiger partial charge in [0, 0.05) is 10.4 Å². The van der Waals surface area contributed by atoms with Crippen LogP contribution < -0.4 is 11.1 Å². The van der Waals surface area contributed by atoms with Crippen LogP contribution >= 0.6 is 11.3 Å². The summed E-state index contributed by atoms with van der Waals surface area (Å²) in [7, 11) is 0. The molecular formula is C22H24N4O3S. The van der Waals surface area contributed by atoms with E-state index in [-0.39, 0.29) is 19.1 Å². The topological polar surface area (TPSA) is 107 Å². The number of carbonyl (C=O) groups is 2. The molecule has 0 unspecified atom stereocenters. The van der Waals surface area contributed by atoms with Gasteiger partial charge in [0.1, 0.15) is 17.2 Å². The van der Waals surface area contributed by atoms with Gasteiger partial charge in [0.2, 0.25) is 0 Å². The number of anilines is 1. The number of nitrogens with two attached hydrogens (primary N) is 1. The Balaban J connectivity index is 1.36. The van der Waals surface area contributed by atoms with Crippen molar-refractivity contribution in [2.45, 2.75) is 46.1 Å². The van der Waals surface area contributed by atoms with Gasteiger partial charge in [-0.3, -0.25) is 9.59 Å². The Labute approximate surface area is 178 Å². The van der Waals surface area contributed by atoms with E-state index in [2.05, 4.69) is 15.3 Å². The summed E-state index contributed by atoms with van der Waals surface area (Å²) in [6.45, 7) is 3.61. The van der Waals surface area contributed by atoms with E-state index < -0.39 is 5.97 Å². The molecule has 2 heterocycles. The second kappa shape index (κ2) is 8.39. The minimum atomic E-state index is -0.556. The van der Waals surface area contributed by atoms with Crippen molar-refractivity contribution in [1.82, 2.24) is 15.3 Å². The first-order chi connectivity index (χ1) is 14.4. The number of fused-ring (bicyclic) bond motifs is 3. The average Bonchev–Trinajstić information content (AvgIpc) is 3.11. The number of nitrogens with zero attached hydrogens (tertiary/aromatic N) is 2. The number of nitrogens with one attached hydrogen (secondary N) is 1. The molecule has 156 valence electrons. The summed E-state index contributed by atoms with van der Waals surface area (Å²) in [6.07, 6.45) is 4.41. The highest BCUT2D eigenvalue weighted by Crippen LogP contribution is 2.37. The molecule has 0 saturated carbocycles. The van der Waals surface area contributed by atoms with Gasteiger partial charge in [-0.1, -0.05) is 6.07 Å². The fourth-order valence-corrected chi connectivity index (χ4v) is 4.92. The number of rotatable bonds is 5. The fourth-order valence-electron chi connectivity index (χ4n) is 3.63. The lowest BCUT2D eigenvalue weighted by Crippen LogP contribution is -2.30. The third-order valence-corrected chi connectivity index (χ3v) is 6.60. The number of aryl methyl sites for hydroxylation is 4. The monoisotopic (exact) mass is 424 g/mol. The number of ether oxygens (including phenoxy) is 1. The lowest BCUT2D eigenvalue weighted by atomic mass is 9.97. The first kappa shape index (κ1) is 20.3.